The monoisotopic (exact) mass is 317 g/mol. The van der Waals surface area contributed by atoms with Crippen molar-refractivity contribution in [3.05, 3.63) is 36.9 Å². The van der Waals surface area contributed by atoms with Crippen molar-refractivity contribution in [1.82, 2.24) is 9.80 Å². The van der Waals surface area contributed by atoms with Crippen LogP contribution in [-0.4, -0.2) is 69.3 Å². The van der Waals surface area contributed by atoms with E-state index in [9.17, 15) is 0 Å². The molecule has 0 spiro atoms. The van der Waals surface area contributed by atoms with E-state index < -0.39 is 0 Å². The second-order valence-corrected chi connectivity index (χ2v) is 6.22. The van der Waals surface area contributed by atoms with Crippen LogP contribution in [0.3, 0.4) is 0 Å². The lowest BCUT2D eigenvalue weighted by molar-refractivity contribution is 0.223. The van der Waals surface area contributed by atoms with E-state index in [2.05, 4.69) is 59.5 Å². The number of hydrogen-bond donors (Lipinski definition) is 0. The molecule has 0 atom stereocenters. The SMILES string of the molecule is C=CCN(C)CCN1CCN(c2ccc(OCCC)cc2)CC1. The maximum atomic E-state index is 5.65. The van der Waals surface area contributed by atoms with Gasteiger partial charge in [-0.25, -0.2) is 0 Å². The van der Waals surface area contributed by atoms with Crippen LogP contribution in [0.2, 0.25) is 0 Å². The van der Waals surface area contributed by atoms with Gasteiger partial charge < -0.3 is 14.5 Å². The molecule has 2 rings (SSSR count). The molecule has 0 aromatic heterocycles. The summed E-state index contributed by atoms with van der Waals surface area (Å²) in [5.41, 5.74) is 1.30. The largest absolute Gasteiger partial charge is 0.494 e. The Labute approximate surface area is 141 Å². The Kier molecular flexibility index (Phi) is 7.43. The average Bonchev–Trinajstić information content (AvgIpc) is 2.59. The van der Waals surface area contributed by atoms with Crippen molar-refractivity contribution in [2.24, 2.45) is 0 Å². The highest BCUT2D eigenvalue weighted by atomic mass is 16.5. The Morgan fingerprint density at radius 2 is 1.87 bits per heavy atom. The molecule has 23 heavy (non-hydrogen) atoms. The number of rotatable bonds is 9. The molecule has 1 aromatic rings. The first-order valence-electron chi connectivity index (χ1n) is 8.72. The second-order valence-electron chi connectivity index (χ2n) is 6.22. The minimum atomic E-state index is 0.790. The Balaban J connectivity index is 1.74. The lowest BCUT2D eigenvalue weighted by Gasteiger charge is -2.36. The third-order valence-electron chi connectivity index (χ3n) is 4.29. The van der Waals surface area contributed by atoms with Crippen LogP contribution in [0, 0.1) is 0 Å². The van der Waals surface area contributed by atoms with Gasteiger partial charge in [0.25, 0.3) is 0 Å². The first kappa shape index (κ1) is 17.8. The van der Waals surface area contributed by atoms with Crippen molar-refractivity contribution in [1.29, 1.82) is 0 Å². The van der Waals surface area contributed by atoms with Crippen LogP contribution in [0.15, 0.2) is 36.9 Å². The van der Waals surface area contributed by atoms with E-state index in [0.717, 1.165) is 64.6 Å². The molecular weight excluding hydrogens is 286 g/mol. The highest BCUT2D eigenvalue weighted by Gasteiger charge is 2.17. The molecule has 4 nitrogen and oxygen atoms in total. The molecular formula is C19H31N3O. The predicted octanol–water partition coefficient (Wildman–Crippen LogP) is 2.72. The smallest absolute Gasteiger partial charge is 0.119 e. The van der Waals surface area contributed by atoms with Crippen molar-refractivity contribution >= 4 is 5.69 Å². The predicted molar refractivity (Wildman–Crippen MR) is 98.6 cm³/mol. The van der Waals surface area contributed by atoms with Gasteiger partial charge >= 0.3 is 0 Å². The van der Waals surface area contributed by atoms with Crippen LogP contribution < -0.4 is 9.64 Å². The third-order valence-corrected chi connectivity index (χ3v) is 4.29. The Hall–Kier alpha value is -1.52. The molecule has 0 N–H and O–H groups in total. The highest BCUT2D eigenvalue weighted by molar-refractivity contribution is 5.49. The summed E-state index contributed by atoms with van der Waals surface area (Å²) in [5, 5.41) is 0. The minimum Gasteiger partial charge on any atom is -0.494 e. The van der Waals surface area contributed by atoms with Crippen LogP contribution in [0.4, 0.5) is 5.69 Å². The van der Waals surface area contributed by atoms with Gasteiger partial charge in [-0.15, -0.1) is 6.58 Å². The van der Waals surface area contributed by atoms with Gasteiger partial charge in [0, 0.05) is 51.5 Å². The molecule has 1 aliphatic heterocycles. The summed E-state index contributed by atoms with van der Waals surface area (Å²) < 4.78 is 5.65. The summed E-state index contributed by atoms with van der Waals surface area (Å²) >= 11 is 0. The summed E-state index contributed by atoms with van der Waals surface area (Å²) in [7, 11) is 2.15. The minimum absolute atomic E-state index is 0.790. The average molecular weight is 317 g/mol. The number of hydrogen-bond acceptors (Lipinski definition) is 4. The van der Waals surface area contributed by atoms with Gasteiger partial charge in [-0.05, 0) is 37.7 Å². The van der Waals surface area contributed by atoms with Crippen LogP contribution in [0.1, 0.15) is 13.3 Å². The van der Waals surface area contributed by atoms with Crippen LogP contribution in [0.5, 0.6) is 5.75 Å². The molecule has 0 aliphatic carbocycles. The lowest BCUT2D eigenvalue weighted by atomic mass is 10.2. The first-order chi connectivity index (χ1) is 11.2. The number of anilines is 1. The molecule has 1 aliphatic rings. The van der Waals surface area contributed by atoms with Crippen molar-refractivity contribution in [3.63, 3.8) is 0 Å². The number of likely N-dealkylation sites (N-methyl/N-ethyl adjacent to an activating group) is 1. The summed E-state index contributed by atoms with van der Waals surface area (Å²) in [5.74, 6) is 0.972. The molecule has 1 fully saturated rings. The topological polar surface area (TPSA) is 19.0 Å². The van der Waals surface area contributed by atoms with Gasteiger partial charge in [0.1, 0.15) is 5.75 Å². The number of nitrogens with zero attached hydrogens (tertiary/aromatic N) is 3. The van der Waals surface area contributed by atoms with Gasteiger partial charge in [0.05, 0.1) is 6.61 Å². The molecule has 0 bridgehead atoms. The molecule has 128 valence electrons. The lowest BCUT2D eigenvalue weighted by Crippen LogP contribution is -2.48. The first-order valence-corrected chi connectivity index (χ1v) is 8.72. The summed E-state index contributed by atoms with van der Waals surface area (Å²) in [4.78, 5) is 7.33. The molecule has 0 radical (unpaired) electrons. The van der Waals surface area contributed by atoms with Crippen LogP contribution in [0.25, 0.3) is 0 Å². The number of ether oxygens (including phenoxy) is 1. The van der Waals surface area contributed by atoms with E-state index in [1.807, 2.05) is 6.08 Å². The fraction of sp³-hybridized carbons (Fsp3) is 0.579. The van der Waals surface area contributed by atoms with Crippen molar-refractivity contribution in [2.75, 3.05) is 64.4 Å². The second kappa shape index (κ2) is 9.58. The Morgan fingerprint density at radius 1 is 1.17 bits per heavy atom. The van der Waals surface area contributed by atoms with Crippen LogP contribution >= 0.6 is 0 Å². The molecule has 1 aromatic carbocycles. The van der Waals surface area contributed by atoms with Gasteiger partial charge in [0.2, 0.25) is 0 Å². The molecule has 1 heterocycles. The van der Waals surface area contributed by atoms with E-state index in [-0.39, 0.29) is 0 Å². The van der Waals surface area contributed by atoms with Gasteiger partial charge in [0.15, 0.2) is 0 Å². The molecule has 0 saturated carbocycles. The van der Waals surface area contributed by atoms with E-state index in [1.54, 1.807) is 0 Å². The van der Waals surface area contributed by atoms with Crippen LogP contribution in [-0.2, 0) is 0 Å². The van der Waals surface area contributed by atoms with Gasteiger partial charge in [-0.3, -0.25) is 4.90 Å². The summed E-state index contributed by atoms with van der Waals surface area (Å²) in [6, 6.07) is 8.53. The van der Waals surface area contributed by atoms with E-state index in [0.29, 0.717) is 0 Å². The van der Waals surface area contributed by atoms with E-state index >= 15 is 0 Å². The van der Waals surface area contributed by atoms with Gasteiger partial charge in [-0.2, -0.15) is 0 Å². The normalized spacial score (nSPS) is 15.9. The fourth-order valence-electron chi connectivity index (χ4n) is 2.83. The number of benzene rings is 1. The molecule has 0 unspecified atom stereocenters. The highest BCUT2D eigenvalue weighted by Crippen LogP contribution is 2.20. The quantitative estimate of drug-likeness (QED) is 0.652. The summed E-state index contributed by atoms with van der Waals surface area (Å²) in [6.45, 7) is 14.4. The van der Waals surface area contributed by atoms with Crippen molar-refractivity contribution in [2.45, 2.75) is 13.3 Å². The molecule has 1 saturated heterocycles. The zero-order valence-electron chi connectivity index (χ0n) is 14.7. The summed E-state index contributed by atoms with van der Waals surface area (Å²) in [6.07, 6.45) is 3.01. The third kappa shape index (κ3) is 5.88. The standard InChI is InChI=1S/C19H31N3O/c1-4-10-20(3)11-12-21-13-15-22(16-14-21)18-6-8-19(9-7-18)23-17-5-2/h4,6-9H,1,5,10-17H2,2-3H3. The Bertz CT molecular complexity index is 452. The Morgan fingerprint density at radius 3 is 2.48 bits per heavy atom. The maximum absolute atomic E-state index is 5.65. The fourth-order valence-corrected chi connectivity index (χ4v) is 2.83. The van der Waals surface area contributed by atoms with E-state index in [1.165, 1.54) is 5.69 Å². The molecule has 4 heteroatoms. The number of piperazine rings is 1. The zero-order valence-corrected chi connectivity index (χ0v) is 14.7. The van der Waals surface area contributed by atoms with Gasteiger partial charge in [-0.1, -0.05) is 13.0 Å². The van der Waals surface area contributed by atoms with E-state index in [4.69, 9.17) is 4.74 Å². The van der Waals surface area contributed by atoms with Crippen molar-refractivity contribution in [3.8, 4) is 5.75 Å². The maximum Gasteiger partial charge on any atom is 0.119 e. The molecule has 0 amide bonds. The van der Waals surface area contributed by atoms with Crippen molar-refractivity contribution < 1.29 is 4.74 Å². The zero-order chi connectivity index (χ0) is 16.5.